The summed E-state index contributed by atoms with van der Waals surface area (Å²) in [7, 11) is -2.90. The summed E-state index contributed by atoms with van der Waals surface area (Å²) < 4.78 is 23.1. The monoisotopic (exact) mass is 257 g/mol. The Bertz CT molecular complexity index is 479. The van der Waals surface area contributed by atoms with E-state index >= 15 is 0 Å². The van der Waals surface area contributed by atoms with Crippen LogP contribution in [0.15, 0.2) is 6.20 Å². The highest BCUT2D eigenvalue weighted by molar-refractivity contribution is 7.91. The van der Waals surface area contributed by atoms with Gasteiger partial charge in [0.2, 0.25) is 0 Å². The van der Waals surface area contributed by atoms with Crippen LogP contribution in [0.3, 0.4) is 0 Å². The van der Waals surface area contributed by atoms with Gasteiger partial charge in [0, 0.05) is 19.2 Å². The Morgan fingerprint density at radius 2 is 2.29 bits per heavy atom. The molecule has 96 valence electrons. The Morgan fingerprint density at radius 1 is 1.53 bits per heavy atom. The largest absolute Gasteiger partial charge is 0.345 e. The lowest BCUT2D eigenvalue weighted by Gasteiger charge is -2.22. The molecule has 17 heavy (non-hydrogen) atoms. The highest BCUT2D eigenvalue weighted by Crippen LogP contribution is 2.17. The third kappa shape index (κ3) is 3.29. The van der Waals surface area contributed by atoms with E-state index in [-0.39, 0.29) is 17.5 Å². The van der Waals surface area contributed by atoms with Gasteiger partial charge in [0.05, 0.1) is 23.2 Å². The fourth-order valence-electron chi connectivity index (χ4n) is 2.03. The lowest BCUT2D eigenvalue weighted by Crippen LogP contribution is -2.39. The van der Waals surface area contributed by atoms with E-state index in [1.165, 1.54) is 0 Å². The van der Waals surface area contributed by atoms with Gasteiger partial charge in [-0.2, -0.15) is 0 Å². The summed E-state index contributed by atoms with van der Waals surface area (Å²) in [6, 6.07) is -0.137. The summed E-state index contributed by atoms with van der Waals surface area (Å²) >= 11 is 0. The first-order valence-corrected chi connectivity index (χ1v) is 7.76. The maximum absolute atomic E-state index is 11.5. The molecule has 1 aromatic heterocycles. The van der Waals surface area contributed by atoms with Crippen molar-refractivity contribution >= 4 is 9.84 Å². The minimum atomic E-state index is -2.90. The second kappa shape index (κ2) is 4.78. The van der Waals surface area contributed by atoms with Crippen LogP contribution in [0.25, 0.3) is 0 Å². The molecule has 5 nitrogen and oxygen atoms in total. The molecule has 6 heteroatoms. The Morgan fingerprint density at radius 3 is 2.94 bits per heavy atom. The summed E-state index contributed by atoms with van der Waals surface area (Å²) in [4.78, 5) is 7.50. The van der Waals surface area contributed by atoms with E-state index in [2.05, 4.69) is 29.1 Å². The van der Waals surface area contributed by atoms with Crippen molar-refractivity contribution in [3.63, 3.8) is 0 Å². The molecule has 1 atom stereocenters. The number of hydrogen-bond acceptors (Lipinski definition) is 4. The molecule has 0 saturated carbocycles. The van der Waals surface area contributed by atoms with Crippen LogP contribution in [0.5, 0.6) is 0 Å². The van der Waals surface area contributed by atoms with Gasteiger partial charge in [-0.1, -0.05) is 13.8 Å². The number of aromatic amines is 1. The van der Waals surface area contributed by atoms with E-state index in [4.69, 9.17) is 0 Å². The summed E-state index contributed by atoms with van der Waals surface area (Å²) in [5.41, 5.74) is 0.879. The van der Waals surface area contributed by atoms with Crippen LogP contribution in [0.4, 0.5) is 0 Å². The number of nitrogens with one attached hydrogen (secondary N) is 2. The number of hydrogen-bond donors (Lipinski definition) is 2. The van der Waals surface area contributed by atoms with Gasteiger partial charge in [-0.25, -0.2) is 13.4 Å². The van der Waals surface area contributed by atoms with Gasteiger partial charge in [0.15, 0.2) is 9.84 Å². The average Bonchev–Trinajstić information content (AvgIpc) is 2.63. The van der Waals surface area contributed by atoms with Gasteiger partial charge in [0.25, 0.3) is 0 Å². The van der Waals surface area contributed by atoms with Crippen molar-refractivity contribution in [1.29, 1.82) is 0 Å². The summed E-state index contributed by atoms with van der Waals surface area (Å²) in [6.45, 7) is 4.78. The molecule has 0 aromatic carbocycles. The van der Waals surface area contributed by atoms with Crippen LogP contribution >= 0.6 is 0 Å². The van der Waals surface area contributed by atoms with Crippen LogP contribution < -0.4 is 5.32 Å². The summed E-state index contributed by atoms with van der Waals surface area (Å²) in [5.74, 6) is 1.86. The Labute approximate surface area is 102 Å². The van der Waals surface area contributed by atoms with Gasteiger partial charge in [-0.3, -0.25) is 0 Å². The van der Waals surface area contributed by atoms with Crippen molar-refractivity contribution in [2.75, 3.05) is 18.1 Å². The molecular formula is C11H19N3O2S. The molecule has 0 bridgehead atoms. The second-order valence-electron chi connectivity index (χ2n) is 5.00. The molecular weight excluding hydrogens is 238 g/mol. The normalized spacial score (nSPS) is 24.1. The number of sulfone groups is 1. The molecule has 1 aliphatic heterocycles. The first-order valence-electron chi connectivity index (χ1n) is 5.94. The Hall–Kier alpha value is -0.880. The van der Waals surface area contributed by atoms with Crippen molar-refractivity contribution in [3.05, 3.63) is 17.7 Å². The van der Waals surface area contributed by atoms with Crippen LogP contribution in [-0.4, -0.2) is 36.4 Å². The van der Waals surface area contributed by atoms with Gasteiger partial charge in [-0.05, 0) is 5.92 Å². The third-order valence-electron chi connectivity index (χ3n) is 2.85. The highest BCUT2D eigenvalue weighted by atomic mass is 32.2. The summed E-state index contributed by atoms with van der Waals surface area (Å²) in [6.07, 6.45) is 2.63. The first kappa shape index (κ1) is 12.6. The predicted molar refractivity (Wildman–Crippen MR) is 66.5 cm³/mol. The SMILES string of the molecule is CC(C)Cc1ncc(C2CS(=O)(=O)CCN2)[nH]1. The average molecular weight is 257 g/mol. The number of rotatable bonds is 3. The number of nitrogens with zero attached hydrogens (tertiary/aromatic N) is 1. The number of imidazole rings is 1. The van der Waals surface area contributed by atoms with Gasteiger partial charge in [-0.15, -0.1) is 0 Å². The fourth-order valence-corrected chi connectivity index (χ4v) is 3.43. The molecule has 2 N–H and O–H groups in total. The summed E-state index contributed by atoms with van der Waals surface area (Å²) in [5, 5.41) is 3.21. The minimum Gasteiger partial charge on any atom is -0.345 e. The van der Waals surface area contributed by atoms with Gasteiger partial charge in [0.1, 0.15) is 5.82 Å². The zero-order valence-electron chi connectivity index (χ0n) is 10.2. The highest BCUT2D eigenvalue weighted by Gasteiger charge is 2.26. The van der Waals surface area contributed by atoms with E-state index in [1.54, 1.807) is 6.20 Å². The van der Waals surface area contributed by atoms with Crippen LogP contribution in [0.2, 0.25) is 0 Å². The van der Waals surface area contributed by atoms with E-state index in [0.717, 1.165) is 17.9 Å². The zero-order valence-corrected chi connectivity index (χ0v) is 11.0. The second-order valence-corrected chi connectivity index (χ2v) is 7.23. The van der Waals surface area contributed by atoms with Gasteiger partial charge < -0.3 is 10.3 Å². The van der Waals surface area contributed by atoms with Crippen LogP contribution in [0.1, 0.15) is 31.4 Å². The van der Waals surface area contributed by atoms with Crippen molar-refractivity contribution in [2.24, 2.45) is 5.92 Å². The molecule has 1 fully saturated rings. The van der Waals surface area contributed by atoms with E-state index < -0.39 is 9.84 Å². The molecule has 0 spiro atoms. The molecule has 1 aromatic rings. The topological polar surface area (TPSA) is 74.8 Å². The van der Waals surface area contributed by atoms with Crippen molar-refractivity contribution < 1.29 is 8.42 Å². The van der Waals surface area contributed by atoms with E-state index in [9.17, 15) is 8.42 Å². The molecule has 0 amide bonds. The molecule has 1 unspecified atom stereocenters. The first-order chi connectivity index (χ1) is 7.96. The van der Waals surface area contributed by atoms with E-state index in [0.29, 0.717) is 12.5 Å². The maximum Gasteiger partial charge on any atom is 0.153 e. The van der Waals surface area contributed by atoms with Crippen LogP contribution in [-0.2, 0) is 16.3 Å². The standard InChI is InChI=1S/C11H19N3O2S/c1-8(2)5-11-13-6-9(14-11)10-7-17(15,16)4-3-12-10/h6,8,10,12H,3-5,7H2,1-2H3,(H,13,14). The zero-order chi connectivity index (χ0) is 12.5. The number of H-pyrrole nitrogens is 1. The lowest BCUT2D eigenvalue weighted by molar-refractivity contribution is 0.524. The molecule has 2 heterocycles. The predicted octanol–water partition coefficient (Wildman–Crippen LogP) is 0.667. The molecule has 2 rings (SSSR count). The molecule has 1 saturated heterocycles. The number of aromatic nitrogens is 2. The Balaban J connectivity index is 2.09. The van der Waals surface area contributed by atoms with Gasteiger partial charge >= 0.3 is 0 Å². The molecule has 0 radical (unpaired) electrons. The molecule has 0 aliphatic carbocycles. The van der Waals surface area contributed by atoms with E-state index in [1.807, 2.05) is 0 Å². The lowest BCUT2D eigenvalue weighted by atomic mass is 10.1. The maximum atomic E-state index is 11.5. The Kier molecular flexibility index (Phi) is 3.53. The fraction of sp³-hybridized carbons (Fsp3) is 0.727. The minimum absolute atomic E-state index is 0.137. The van der Waals surface area contributed by atoms with Crippen molar-refractivity contribution in [3.8, 4) is 0 Å². The molecule has 1 aliphatic rings. The third-order valence-corrected chi connectivity index (χ3v) is 4.52. The quantitative estimate of drug-likeness (QED) is 0.834. The smallest absolute Gasteiger partial charge is 0.153 e. The van der Waals surface area contributed by atoms with Crippen molar-refractivity contribution in [1.82, 2.24) is 15.3 Å². The van der Waals surface area contributed by atoms with Crippen LogP contribution in [0, 0.1) is 5.92 Å². The van der Waals surface area contributed by atoms with Crippen molar-refractivity contribution in [2.45, 2.75) is 26.3 Å².